The van der Waals surface area contributed by atoms with Gasteiger partial charge in [0.2, 0.25) is 0 Å². The third kappa shape index (κ3) is 5.41. The van der Waals surface area contributed by atoms with Gasteiger partial charge in [-0.1, -0.05) is 38.3 Å². The lowest BCUT2D eigenvalue weighted by Gasteiger charge is -2.16. The minimum atomic E-state index is -0.153. The van der Waals surface area contributed by atoms with Crippen molar-refractivity contribution >= 4 is 17.5 Å². The molecule has 0 fully saturated rings. The Morgan fingerprint density at radius 2 is 1.86 bits per heavy atom. The summed E-state index contributed by atoms with van der Waals surface area (Å²) in [4.78, 5) is 12.3. The molecule has 0 heterocycles. The Labute approximate surface area is 138 Å². The molecule has 0 saturated heterocycles. The standard InChI is InChI=1S/C17H26ClNO3/c1-11(2)7-6-8-12(3)19-17(20)13-9-14(18)16(22-5)15(10-13)21-4/h9-12H,6-8H2,1-5H3,(H,19,20). The van der Waals surface area contributed by atoms with E-state index in [1.54, 1.807) is 12.1 Å². The second kappa shape index (κ2) is 8.89. The highest BCUT2D eigenvalue weighted by Gasteiger charge is 2.16. The Bertz CT molecular complexity index is 503. The first kappa shape index (κ1) is 18.6. The van der Waals surface area contributed by atoms with Gasteiger partial charge in [-0.25, -0.2) is 0 Å². The van der Waals surface area contributed by atoms with Gasteiger partial charge in [-0.05, 0) is 31.4 Å². The summed E-state index contributed by atoms with van der Waals surface area (Å²) in [6.45, 7) is 6.42. The molecule has 0 aliphatic heterocycles. The summed E-state index contributed by atoms with van der Waals surface area (Å²) in [6, 6.07) is 3.36. The molecule has 22 heavy (non-hydrogen) atoms. The zero-order valence-electron chi connectivity index (χ0n) is 14.0. The molecule has 124 valence electrons. The van der Waals surface area contributed by atoms with E-state index >= 15 is 0 Å². The SMILES string of the molecule is COc1cc(C(=O)NC(C)CCCC(C)C)cc(Cl)c1OC. The van der Waals surface area contributed by atoms with Crippen LogP contribution >= 0.6 is 11.6 Å². The number of rotatable bonds is 8. The molecule has 1 unspecified atom stereocenters. The van der Waals surface area contributed by atoms with Crippen molar-refractivity contribution in [2.24, 2.45) is 5.92 Å². The van der Waals surface area contributed by atoms with Gasteiger partial charge in [0.1, 0.15) is 0 Å². The molecule has 0 radical (unpaired) electrons. The maximum atomic E-state index is 12.3. The number of ether oxygens (including phenoxy) is 2. The number of amides is 1. The van der Waals surface area contributed by atoms with Crippen LogP contribution in [-0.2, 0) is 0 Å². The molecule has 0 spiro atoms. The number of methoxy groups -OCH3 is 2. The van der Waals surface area contributed by atoms with Crippen molar-refractivity contribution in [3.8, 4) is 11.5 Å². The number of halogens is 1. The molecule has 4 nitrogen and oxygen atoms in total. The third-order valence-corrected chi connectivity index (χ3v) is 3.77. The van der Waals surface area contributed by atoms with Crippen molar-refractivity contribution < 1.29 is 14.3 Å². The summed E-state index contributed by atoms with van der Waals surface area (Å²) >= 11 is 6.13. The van der Waals surface area contributed by atoms with E-state index in [0.29, 0.717) is 28.0 Å². The van der Waals surface area contributed by atoms with Crippen LogP contribution in [0.25, 0.3) is 0 Å². The van der Waals surface area contributed by atoms with Crippen LogP contribution < -0.4 is 14.8 Å². The average Bonchev–Trinajstić information content (AvgIpc) is 2.45. The second-order valence-corrected chi connectivity index (χ2v) is 6.30. The Morgan fingerprint density at radius 1 is 1.18 bits per heavy atom. The van der Waals surface area contributed by atoms with E-state index in [2.05, 4.69) is 19.2 Å². The maximum absolute atomic E-state index is 12.3. The fraction of sp³-hybridized carbons (Fsp3) is 0.588. The van der Waals surface area contributed by atoms with Gasteiger partial charge < -0.3 is 14.8 Å². The summed E-state index contributed by atoms with van der Waals surface area (Å²) < 4.78 is 10.4. The highest BCUT2D eigenvalue weighted by atomic mass is 35.5. The fourth-order valence-corrected chi connectivity index (χ4v) is 2.55. The summed E-state index contributed by atoms with van der Waals surface area (Å²) in [5.41, 5.74) is 0.471. The average molecular weight is 328 g/mol. The van der Waals surface area contributed by atoms with Crippen molar-refractivity contribution in [3.63, 3.8) is 0 Å². The lowest BCUT2D eigenvalue weighted by Crippen LogP contribution is -2.32. The van der Waals surface area contributed by atoms with Gasteiger partial charge in [-0.3, -0.25) is 4.79 Å². The van der Waals surface area contributed by atoms with E-state index in [1.807, 2.05) is 6.92 Å². The van der Waals surface area contributed by atoms with Crippen molar-refractivity contribution in [3.05, 3.63) is 22.7 Å². The number of carbonyl (C=O) groups excluding carboxylic acids is 1. The van der Waals surface area contributed by atoms with Gasteiger partial charge in [0.25, 0.3) is 5.91 Å². The second-order valence-electron chi connectivity index (χ2n) is 5.89. The van der Waals surface area contributed by atoms with E-state index < -0.39 is 0 Å². The number of hydrogen-bond donors (Lipinski definition) is 1. The van der Waals surface area contributed by atoms with E-state index in [4.69, 9.17) is 21.1 Å². The summed E-state index contributed by atoms with van der Waals surface area (Å²) in [5, 5.41) is 3.35. The van der Waals surface area contributed by atoms with Crippen LogP contribution in [-0.4, -0.2) is 26.2 Å². The lowest BCUT2D eigenvalue weighted by atomic mass is 10.0. The van der Waals surface area contributed by atoms with Gasteiger partial charge in [0, 0.05) is 11.6 Å². The van der Waals surface area contributed by atoms with Gasteiger partial charge in [0.15, 0.2) is 11.5 Å². The number of benzene rings is 1. The first-order valence-corrected chi connectivity index (χ1v) is 7.99. The van der Waals surface area contributed by atoms with Gasteiger partial charge >= 0.3 is 0 Å². The highest BCUT2D eigenvalue weighted by molar-refractivity contribution is 6.32. The molecule has 0 bridgehead atoms. The van der Waals surface area contributed by atoms with Crippen LogP contribution in [0.3, 0.4) is 0 Å². The normalized spacial score (nSPS) is 12.1. The van der Waals surface area contributed by atoms with Crippen LogP contribution in [0.2, 0.25) is 5.02 Å². The van der Waals surface area contributed by atoms with E-state index in [-0.39, 0.29) is 11.9 Å². The molecule has 1 atom stereocenters. The molecule has 1 amide bonds. The van der Waals surface area contributed by atoms with Crippen LogP contribution in [0.1, 0.15) is 50.4 Å². The van der Waals surface area contributed by atoms with Crippen molar-refractivity contribution in [1.29, 1.82) is 0 Å². The maximum Gasteiger partial charge on any atom is 0.251 e. The van der Waals surface area contributed by atoms with E-state index in [9.17, 15) is 4.79 Å². The molecule has 0 aliphatic rings. The molecule has 0 aromatic heterocycles. The first-order chi connectivity index (χ1) is 10.4. The lowest BCUT2D eigenvalue weighted by molar-refractivity contribution is 0.0937. The molecular formula is C17H26ClNO3. The Hall–Kier alpha value is -1.42. The first-order valence-electron chi connectivity index (χ1n) is 7.61. The molecule has 1 rings (SSSR count). The summed E-state index contributed by atoms with van der Waals surface area (Å²) in [5.74, 6) is 1.42. The molecule has 1 aromatic carbocycles. The molecule has 1 aromatic rings. The summed E-state index contributed by atoms with van der Waals surface area (Å²) in [6.07, 6.45) is 3.24. The molecular weight excluding hydrogens is 302 g/mol. The van der Waals surface area contributed by atoms with Crippen molar-refractivity contribution in [1.82, 2.24) is 5.32 Å². The number of nitrogens with one attached hydrogen (secondary N) is 1. The summed E-state index contributed by atoms with van der Waals surface area (Å²) in [7, 11) is 3.03. The van der Waals surface area contributed by atoms with Crippen LogP contribution in [0.15, 0.2) is 12.1 Å². The van der Waals surface area contributed by atoms with Gasteiger partial charge in [-0.15, -0.1) is 0 Å². The number of carbonyl (C=O) groups is 1. The zero-order valence-corrected chi connectivity index (χ0v) is 14.8. The fourth-order valence-electron chi connectivity index (χ4n) is 2.26. The Balaban J connectivity index is 2.71. The Morgan fingerprint density at radius 3 is 2.41 bits per heavy atom. The number of hydrogen-bond acceptors (Lipinski definition) is 3. The zero-order chi connectivity index (χ0) is 16.7. The van der Waals surface area contributed by atoms with Crippen LogP contribution in [0.4, 0.5) is 0 Å². The predicted octanol–water partition coefficient (Wildman–Crippen LogP) is 4.30. The van der Waals surface area contributed by atoms with Gasteiger partial charge in [0.05, 0.1) is 19.2 Å². The third-order valence-electron chi connectivity index (χ3n) is 3.49. The van der Waals surface area contributed by atoms with E-state index in [1.165, 1.54) is 20.6 Å². The molecule has 5 heteroatoms. The molecule has 1 N–H and O–H groups in total. The van der Waals surface area contributed by atoms with E-state index in [0.717, 1.165) is 12.8 Å². The molecule has 0 saturated carbocycles. The van der Waals surface area contributed by atoms with Crippen LogP contribution in [0.5, 0.6) is 11.5 Å². The van der Waals surface area contributed by atoms with Crippen LogP contribution in [0, 0.1) is 5.92 Å². The Kier molecular flexibility index (Phi) is 7.52. The van der Waals surface area contributed by atoms with Crippen molar-refractivity contribution in [2.45, 2.75) is 46.1 Å². The van der Waals surface area contributed by atoms with Gasteiger partial charge in [-0.2, -0.15) is 0 Å². The highest BCUT2D eigenvalue weighted by Crippen LogP contribution is 2.35. The quantitative estimate of drug-likeness (QED) is 0.774. The van der Waals surface area contributed by atoms with Crippen molar-refractivity contribution in [2.75, 3.05) is 14.2 Å². The molecule has 0 aliphatic carbocycles. The monoisotopic (exact) mass is 327 g/mol. The topological polar surface area (TPSA) is 47.6 Å². The minimum Gasteiger partial charge on any atom is -0.493 e. The minimum absolute atomic E-state index is 0.123. The smallest absolute Gasteiger partial charge is 0.251 e. The predicted molar refractivity (Wildman–Crippen MR) is 90.2 cm³/mol. The largest absolute Gasteiger partial charge is 0.493 e.